The molecule has 0 amide bonds. The molecule has 0 aromatic heterocycles. The van der Waals surface area contributed by atoms with Gasteiger partial charge in [-0.05, 0) is 37.8 Å². The summed E-state index contributed by atoms with van der Waals surface area (Å²) in [5.41, 5.74) is -9.59. The fraction of sp³-hybridized carbons (Fsp3) is 0.440. The van der Waals surface area contributed by atoms with Gasteiger partial charge in [0.1, 0.15) is 18.6 Å². The summed E-state index contributed by atoms with van der Waals surface area (Å²) in [7, 11) is -12.3. The van der Waals surface area contributed by atoms with Crippen LogP contribution in [0, 0.1) is 5.41 Å². The van der Waals surface area contributed by atoms with Crippen LogP contribution in [0.15, 0.2) is 70.6 Å². The van der Waals surface area contributed by atoms with E-state index in [9.17, 15) is 43.2 Å². The van der Waals surface area contributed by atoms with Crippen molar-refractivity contribution in [3.63, 3.8) is 0 Å². The Labute approximate surface area is 261 Å². The van der Waals surface area contributed by atoms with E-state index in [-0.39, 0.29) is 12.1 Å². The van der Waals surface area contributed by atoms with Crippen molar-refractivity contribution in [2.45, 2.75) is 49.8 Å². The van der Waals surface area contributed by atoms with Crippen LogP contribution >= 0.6 is 0 Å². The number of hydrogen-bond donors (Lipinski definition) is 0. The van der Waals surface area contributed by atoms with Crippen molar-refractivity contribution in [2.75, 3.05) is 13.2 Å². The summed E-state index contributed by atoms with van der Waals surface area (Å²) in [6, 6.07) is 21.2. The molecule has 0 unspecified atom stereocenters. The fourth-order valence-corrected chi connectivity index (χ4v) is 8.13. The second-order valence-corrected chi connectivity index (χ2v) is 16.3. The van der Waals surface area contributed by atoms with Crippen LogP contribution in [0.25, 0.3) is 0 Å². The molecule has 2 aromatic carbocycles. The van der Waals surface area contributed by atoms with Gasteiger partial charge in [-0.15, -0.1) is 0 Å². The van der Waals surface area contributed by atoms with Crippen molar-refractivity contribution in [1.29, 1.82) is 0 Å². The van der Waals surface area contributed by atoms with Crippen molar-refractivity contribution in [2.24, 2.45) is 15.4 Å². The monoisotopic (exact) mass is 780 g/mol. The number of benzene rings is 2. The quantitative estimate of drug-likeness (QED) is 0.198. The van der Waals surface area contributed by atoms with E-state index in [2.05, 4.69) is 67.4 Å². The number of halogens is 6. The molecule has 2 aliphatic rings. The Hall–Kier alpha value is -2.42. The molecule has 0 saturated carbocycles. The second-order valence-electron chi connectivity index (χ2n) is 9.85. The first-order valence-corrected chi connectivity index (χ1v) is 17.7. The number of nitrogens with zero attached hydrogens (tertiary/aromatic N) is 2. The normalized spacial score (nSPS) is 19.3. The second kappa shape index (κ2) is 14.3. The van der Waals surface area contributed by atoms with Crippen LogP contribution < -0.4 is 0 Å². The van der Waals surface area contributed by atoms with Crippen molar-refractivity contribution < 1.29 is 57.7 Å². The SMILES string of the molecule is CC(C)(C1=N[C@@H](Cc2ccccc2)CO1)C1=N[C@@H](Cc2ccccc2)CO1.O=S(=O)([O][Sn][O]S(=O)(=O)C(F)(F)F)C(F)(F)F. The average Bonchev–Trinajstić information content (AvgIpc) is 3.60. The summed E-state index contributed by atoms with van der Waals surface area (Å²) in [5.74, 6) is 1.48. The minimum absolute atomic E-state index is 0.156. The molecule has 10 nitrogen and oxygen atoms in total. The van der Waals surface area contributed by atoms with E-state index in [1.807, 2.05) is 12.1 Å². The zero-order valence-corrected chi connectivity index (χ0v) is 27.5. The Morgan fingerprint density at radius 2 is 1.05 bits per heavy atom. The van der Waals surface area contributed by atoms with Gasteiger partial charge in [-0.2, -0.15) is 0 Å². The van der Waals surface area contributed by atoms with Crippen molar-refractivity contribution in [1.82, 2.24) is 0 Å². The molecule has 2 aromatic rings. The van der Waals surface area contributed by atoms with Gasteiger partial charge >= 0.3 is 101 Å². The molecule has 4 rings (SSSR count). The van der Waals surface area contributed by atoms with E-state index < -0.39 is 58.6 Å². The zero-order valence-electron chi connectivity index (χ0n) is 23.0. The summed E-state index contributed by atoms with van der Waals surface area (Å²) in [5, 5.41) is 0. The van der Waals surface area contributed by atoms with E-state index in [4.69, 9.17) is 19.5 Å². The standard InChI is InChI=1S/C23H26N2O2.2CHF3O3S.Sn/c1-23(2,21-24-19(15-26-21)13-17-9-5-3-6-10-17)22-25-20(16-27-22)14-18-11-7-4-8-12-18;2*2-1(3,4)8(5,6)7;/h3-12,19-20H,13-16H2,1-2H3;2*(H,5,6,7);/q;;;+2/p-2/t19-,20-;;;/m0.../s1. The van der Waals surface area contributed by atoms with Gasteiger partial charge in [0, 0.05) is 0 Å². The van der Waals surface area contributed by atoms with Gasteiger partial charge in [-0.1, -0.05) is 60.7 Å². The Morgan fingerprint density at radius 3 is 1.36 bits per heavy atom. The number of hydrogen-bond acceptors (Lipinski definition) is 10. The summed E-state index contributed by atoms with van der Waals surface area (Å²) in [4.78, 5) is 9.68. The van der Waals surface area contributed by atoms with Crippen molar-refractivity contribution in [3.8, 4) is 0 Å². The summed E-state index contributed by atoms with van der Waals surface area (Å²) in [6.07, 6.45) is 1.79. The van der Waals surface area contributed by atoms with E-state index in [1.165, 1.54) is 11.1 Å². The molecule has 242 valence electrons. The van der Waals surface area contributed by atoms with Gasteiger partial charge in [0.25, 0.3) is 0 Å². The van der Waals surface area contributed by atoms with Crippen LogP contribution in [0.1, 0.15) is 25.0 Å². The first kappa shape index (κ1) is 36.1. The van der Waals surface area contributed by atoms with E-state index in [0.717, 1.165) is 24.6 Å². The maximum atomic E-state index is 11.6. The maximum absolute atomic E-state index is 11.6. The summed E-state index contributed by atoms with van der Waals surface area (Å²) in [6.45, 7) is 5.41. The Kier molecular flexibility index (Phi) is 11.7. The van der Waals surface area contributed by atoms with Crippen molar-refractivity contribution in [3.05, 3.63) is 71.8 Å². The molecule has 0 spiro atoms. The molecule has 0 bridgehead atoms. The molecular weight excluding hydrogens is 753 g/mol. The van der Waals surface area contributed by atoms with Gasteiger partial charge in [-0.3, -0.25) is 0 Å². The Bertz CT molecular complexity index is 1420. The van der Waals surface area contributed by atoms with Gasteiger partial charge in [0.15, 0.2) is 11.8 Å². The number of aliphatic imine (C=N–C) groups is 2. The van der Waals surface area contributed by atoms with Gasteiger partial charge in [0.05, 0.1) is 12.1 Å². The topological polar surface area (TPSA) is 130 Å². The van der Waals surface area contributed by atoms with Crippen LogP contribution in [-0.4, -0.2) is 86.9 Å². The van der Waals surface area contributed by atoms with Gasteiger partial charge in [-0.25, -0.2) is 9.98 Å². The van der Waals surface area contributed by atoms with E-state index in [0.29, 0.717) is 13.2 Å². The van der Waals surface area contributed by atoms with Crippen LogP contribution in [0.4, 0.5) is 26.3 Å². The third-order valence-corrected chi connectivity index (χ3v) is 12.6. The van der Waals surface area contributed by atoms with E-state index >= 15 is 0 Å². The molecule has 44 heavy (non-hydrogen) atoms. The number of ether oxygens (including phenoxy) is 2. The number of rotatable bonds is 10. The van der Waals surface area contributed by atoms with Crippen molar-refractivity contribution >= 4 is 54.0 Å². The van der Waals surface area contributed by atoms with Crippen LogP contribution in [0.3, 0.4) is 0 Å². The molecule has 2 heterocycles. The molecule has 0 N–H and O–H groups in total. The van der Waals surface area contributed by atoms with Crippen LogP contribution in [0.2, 0.25) is 0 Å². The van der Waals surface area contributed by atoms with Gasteiger partial charge in [0.2, 0.25) is 0 Å². The molecule has 0 saturated heterocycles. The molecule has 0 aliphatic carbocycles. The predicted molar refractivity (Wildman–Crippen MR) is 146 cm³/mol. The first-order valence-electron chi connectivity index (χ1n) is 12.6. The summed E-state index contributed by atoms with van der Waals surface area (Å²) < 4.78 is 128. The van der Waals surface area contributed by atoms with Crippen LogP contribution in [0.5, 0.6) is 0 Å². The zero-order chi connectivity index (χ0) is 32.8. The third-order valence-electron chi connectivity index (χ3n) is 5.98. The van der Waals surface area contributed by atoms with E-state index in [1.54, 1.807) is 0 Å². The average molecular weight is 779 g/mol. The molecule has 2 radical (unpaired) electrons. The molecule has 2 atom stereocenters. The molecule has 19 heteroatoms. The van der Waals surface area contributed by atoms with Gasteiger partial charge < -0.3 is 9.47 Å². The first-order chi connectivity index (χ1) is 20.3. The summed E-state index contributed by atoms with van der Waals surface area (Å²) >= 11 is -3.86. The number of alkyl halides is 6. The fourth-order valence-electron chi connectivity index (χ4n) is 3.79. The predicted octanol–water partition coefficient (Wildman–Crippen LogP) is 4.35. The van der Waals surface area contributed by atoms with Crippen LogP contribution in [-0.2, 0) is 47.6 Å². The Balaban J connectivity index is 0.000000271. The Morgan fingerprint density at radius 1 is 0.705 bits per heavy atom. The molecule has 2 aliphatic heterocycles. The molecular formula is C25H26F6N2O8S2Sn. The minimum atomic E-state index is -6.15. The third kappa shape index (κ3) is 9.79. The molecule has 0 fully saturated rings.